The molecule has 0 aliphatic heterocycles. The van der Waals surface area contributed by atoms with Crippen LogP contribution in [0.3, 0.4) is 0 Å². The van der Waals surface area contributed by atoms with E-state index >= 15 is 0 Å². The number of nitrogens with zero attached hydrogens (tertiary/aromatic N) is 1. The van der Waals surface area contributed by atoms with Crippen molar-refractivity contribution in [2.75, 3.05) is 12.4 Å². The molecule has 1 amide bonds. The second-order valence-electron chi connectivity index (χ2n) is 7.38. The van der Waals surface area contributed by atoms with Gasteiger partial charge in [-0.05, 0) is 55.0 Å². The molecular formula is C24H24N4O3S. The Morgan fingerprint density at radius 3 is 2.59 bits per heavy atom. The molecule has 0 saturated carbocycles. The molecule has 0 radical (unpaired) electrons. The lowest BCUT2D eigenvalue weighted by molar-refractivity contribution is -0.114. The van der Waals surface area contributed by atoms with Crippen LogP contribution in [0.5, 0.6) is 5.75 Å². The molecule has 2 aromatic heterocycles. The molecule has 2 heterocycles. The van der Waals surface area contributed by atoms with Crippen LogP contribution in [-0.2, 0) is 11.2 Å². The number of carbonyl (C=O) groups excluding carboxylic acids is 1. The highest BCUT2D eigenvalue weighted by Gasteiger charge is 2.17. The number of hydrogen-bond acceptors (Lipinski definition) is 5. The van der Waals surface area contributed by atoms with E-state index in [1.165, 1.54) is 6.92 Å². The summed E-state index contributed by atoms with van der Waals surface area (Å²) in [6, 6.07) is 15.3. The summed E-state index contributed by atoms with van der Waals surface area (Å²) in [7, 11) is 1.63. The average molecular weight is 449 g/mol. The number of ether oxygens (including phenoxy) is 1. The van der Waals surface area contributed by atoms with Crippen molar-refractivity contribution in [1.29, 1.82) is 0 Å². The zero-order valence-electron chi connectivity index (χ0n) is 18.1. The maximum atomic E-state index is 12.6. The van der Waals surface area contributed by atoms with E-state index in [-0.39, 0.29) is 11.5 Å². The molecule has 4 aromatic rings. The smallest absolute Gasteiger partial charge is 0.273 e. The van der Waals surface area contributed by atoms with E-state index in [4.69, 9.17) is 9.72 Å². The molecule has 0 atom stereocenters. The fraction of sp³-hybridized carbons (Fsp3) is 0.208. The fourth-order valence-corrected chi connectivity index (χ4v) is 4.52. The molecule has 0 bridgehead atoms. The van der Waals surface area contributed by atoms with Gasteiger partial charge in [-0.15, -0.1) is 0 Å². The molecule has 0 spiro atoms. The van der Waals surface area contributed by atoms with Gasteiger partial charge >= 0.3 is 0 Å². The highest BCUT2D eigenvalue weighted by Crippen LogP contribution is 2.37. The number of pyridine rings is 1. The zero-order valence-corrected chi connectivity index (χ0v) is 18.9. The van der Waals surface area contributed by atoms with Crippen molar-refractivity contribution < 1.29 is 9.53 Å². The van der Waals surface area contributed by atoms with Gasteiger partial charge in [0.1, 0.15) is 5.75 Å². The number of H-pyrrole nitrogens is 2. The Labute approximate surface area is 189 Å². The van der Waals surface area contributed by atoms with E-state index in [2.05, 4.69) is 22.4 Å². The lowest BCUT2D eigenvalue weighted by atomic mass is 10.1. The monoisotopic (exact) mass is 448 g/mol. The third-order valence-corrected chi connectivity index (χ3v) is 6.06. The molecule has 2 aromatic carbocycles. The molecule has 32 heavy (non-hydrogen) atoms. The minimum Gasteiger partial charge on any atom is -0.497 e. The molecular weight excluding hydrogens is 424 g/mol. The van der Waals surface area contributed by atoms with Crippen molar-refractivity contribution in [3.8, 4) is 17.0 Å². The summed E-state index contributed by atoms with van der Waals surface area (Å²) in [5.41, 5.74) is 3.41. The first-order valence-corrected chi connectivity index (χ1v) is 11.1. The van der Waals surface area contributed by atoms with Gasteiger partial charge in [-0.25, -0.2) is 4.98 Å². The van der Waals surface area contributed by atoms with E-state index in [1.807, 2.05) is 48.5 Å². The van der Waals surface area contributed by atoms with Gasteiger partial charge in [0.05, 0.1) is 23.9 Å². The lowest BCUT2D eigenvalue weighted by Gasteiger charge is -2.11. The van der Waals surface area contributed by atoms with Crippen molar-refractivity contribution in [3.05, 3.63) is 64.6 Å². The van der Waals surface area contributed by atoms with Crippen molar-refractivity contribution in [2.24, 2.45) is 0 Å². The van der Waals surface area contributed by atoms with Gasteiger partial charge in [0.25, 0.3) is 5.56 Å². The van der Waals surface area contributed by atoms with Crippen LogP contribution in [-0.4, -0.2) is 28.2 Å². The second-order valence-corrected chi connectivity index (χ2v) is 8.49. The quantitative estimate of drug-likeness (QED) is 0.370. The van der Waals surface area contributed by atoms with E-state index in [0.717, 1.165) is 50.7 Å². The maximum Gasteiger partial charge on any atom is 0.273 e. The van der Waals surface area contributed by atoms with Crippen LogP contribution < -0.4 is 15.6 Å². The first-order chi connectivity index (χ1) is 15.5. The number of carbonyl (C=O) groups is 1. The topological polar surface area (TPSA) is 99.9 Å². The van der Waals surface area contributed by atoms with Crippen LogP contribution in [0.1, 0.15) is 26.0 Å². The van der Waals surface area contributed by atoms with Crippen molar-refractivity contribution in [2.45, 2.75) is 36.5 Å². The highest BCUT2D eigenvalue weighted by atomic mass is 32.2. The van der Waals surface area contributed by atoms with Crippen LogP contribution in [0.2, 0.25) is 0 Å². The number of aromatic nitrogens is 3. The number of hydrogen-bond donors (Lipinski definition) is 3. The minimum absolute atomic E-state index is 0.109. The summed E-state index contributed by atoms with van der Waals surface area (Å²) in [5, 5.41) is 9.40. The number of amides is 1. The number of anilines is 1. The number of methoxy groups -OCH3 is 1. The van der Waals surface area contributed by atoms with Crippen molar-refractivity contribution in [3.63, 3.8) is 0 Å². The van der Waals surface area contributed by atoms with E-state index in [1.54, 1.807) is 18.9 Å². The van der Waals surface area contributed by atoms with Gasteiger partial charge in [0.15, 0.2) is 0 Å². The molecule has 4 rings (SSSR count). The Bertz CT molecular complexity index is 1330. The predicted molar refractivity (Wildman–Crippen MR) is 128 cm³/mol. The predicted octanol–water partition coefficient (Wildman–Crippen LogP) is 4.99. The van der Waals surface area contributed by atoms with Crippen LogP contribution >= 0.6 is 11.8 Å². The lowest BCUT2D eigenvalue weighted by Crippen LogP contribution is -2.05. The second kappa shape index (κ2) is 9.32. The van der Waals surface area contributed by atoms with E-state index < -0.39 is 0 Å². The average Bonchev–Trinajstić information content (AvgIpc) is 3.14. The number of aryl methyl sites for hydroxylation is 1. The van der Waals surface area contributed by atoms with Crippen LogP contribution in [0, 0.1) is 0 Å². The van der Waals surface area contributed by atoms with Crippen molar-refractivity contribution in [1.82, 2.24) is 15.2 Å². The highest BCUT2D eigenvalue weighted by molar-refractivity contribution is 7.99. The Kier molecular flexibility index (Phi) is 6.32. The Balaban J connectivity index is 1.82. The zero-order chi connectivity index (χ0) is 22.7. The summed E-state index contributed by atoms with van der Waals surface area (Å²) in [6.07, 6.45) is 1.66. The van der Waals surface area contributed by atoms with Gasteiger partial charge in [0.2, 0.25) is 5.91 Å². The number of aromatic amines is 2. The summed E-state index contributed by atoms with van der Waals surface area (Å²) in [6.45, 7) is 3.55. The van der Waals surface area contributed by atoms with E-state index in [0.29, 0.717) is 11.3 Å². The molecule has 7 nitrogen and oxygen atoms in total. The molecule has 0 aliphatic carbocycles. The number of rotatable bonds is 7. The molecule has 164 valence electrons. The standard InChI is InChI=1S/C24H24N4O3S/c1-4-5-20-23(24(30)28-27-20)21-13-22(18-12-16(31-3)8-11-19(18)26-21)32-17-9-6-15(7-10-17)25-14(2)29/h6-13H,4-5H2,1-3H3,(H,25,29)(H2,27,28,30). The van der Waals surface area contributed by atoms with E-state index in [9.17, 15) is 9.59 Å². The molecule has 3 N–H and O–H groups in total. The third-order valence-electron chi connectivity index (χ3n) is 4.99. The summed E-state index contributed by atoms with van der Waals surface area (Å²) in [4.78, 5) is 30.6. The van der Waals surface area contributed by atoms with Crippen LogP contribution in [0.25, 0.3) is 22.2 Å². The van der Waals surface area contributed by atoms with Crippen LogP contribution in [0.4, 0.5) is 5.69 Å². The number of fused-ring (bicyclic) bond motifs is 1. The summed E-state index contributed by atoms with van der Waals surface area (Å²) < 4.78 is 5.42. The molecule has 0 fully saturated rings. The van der Waals surface area contributed by atoms with Crippen LogP contribution in [0.15, 0.2) is 63.1 Å². The molecule has 0 aliphatic rings. The first kappa shape index (κ1) is 21.7. The van der Waals surface area contributed by atoms with Gasteiger partial charge in [-0.1, -0.05) is 25.1 Å². The van der Waals surface area contributed by atoms with Gasteiger partial charge in [-0.3, -0.25) is 14.7 Å². The Hall–Kier alpha value is -3.52. The summed E-state index contributed by atoms with van der Waals surface area (Å²) in [5.74, 6) is 0.628. The molecule has 0 saturated heterocycles. The fourth-order valence-electron chi connectivity index (χ4n) is 3.55. The summed E-state index contributed by atoms with van der Waals surface area (Å²) >= 11 is 1.57. The van der Waals surface area contributed by atoms with Gasteiger partial charge in [-0.2, -0.15) is 0 Å². The third kappa shape index (κ3) is 4.55. The Morgan fingerprint density at radius 1 is 1.12 bits per heavy atom. The largest absolute Gasteiger partial charge is 0.497 e. The normalized spacial score (nSPS) is 11.0. The molecule has 8 heteroatoms. The molecule has 0 unspecified atom stereocenters. The van der Waals surface area contributed by atoms with Gasteiger partial charge < -0.3 is 15.2 Å². The van der Waals surface area contributed by atoms with Gasteiger partial charge in [0, 0.05) is 33.5 Å². The van der Waals surface area contributed by atoms with Crippen molar-refractivity contribution >= 4 is 34.3 Å². The minimum atomic E-state index is -0.176. The SMILES string of the molecule is CCCc1[nH][nH]c(=O)c1-c1cc(Sc2ccc(NC(C)=O)cc2)c2cc(OC)ccc2n1. The number of nitrogens with one attached hydrogen (secondary N) is 3. The Morgan fingerprint density at radius 2 is 1.91 bits per heavy atom. The number of benzene rings is 2. The first-order valence-electron chi connectivity index (χ1n) is 10.3. The maximum absolute atomic E-state index is 12.6.